The molecular weight excluding hydrogens is 210 g/mol. The van der Waals surface area contributed by atoms with Crippen molar-refractivity contribution in [3.8, 4) is 0 Å². The van der Waals surface area contributed by atoms with Crippen LogP contribution >= 0.6 is 11.6 Å². The van der Waals surface area contributed by atoms with Crippen molar-refractivity contribution in [3.05, 3.63) is 17.5 Å². The zero-order valence-corrected chi connectivity index (χ0v) is 10.7. The monoisotopic (exact) mass is 229 g/mol. The van der Waals surface area contributed by atoms with Crippen LogP contribution in [0.25, 0.3) is 0 Å². The molecule has 0 spiro atoms. The number of nitrogens with one attached hydrogen (secondary N) is 1. The van der Waals surface area contributed by atoms with Crippen molar-refractivity contribution in [3.63, 3.8) is 0 Å². The zero-order valence-electron chi connectivity index (χ0n) is 9.92. The largest absolute Gasteiger partial charge is 0.308 e. The van der Waals surface area contributed by atoms with E-state index in [4.69, 9.17) is 11.6 Å². The molecule has 15 heavy (non-hydrogen) atoms. The average Bonchev–Trinajstić information content (AvgIpc) is 2.52. The number of halogens is 1. The summed E-state index contributed by atoms with van der Waals surface area (Å²) in [5.74, 6) is 1.18. The van der Waals surface area contributed by atoms with Crippen molar-refractivity contribution in [2.24, 2.45) is 13.0 Å². The molecule has 0 amide bonds. The van der Waals surface area contributed by atoms with E-state index in [1.54, 1.807) is 0 Å². The lowest BCUT2D eigenvalue weighted by Gasteiger charge is -2.18. The standard InChI is InChI=1S/C11H20ClN3/c1-8(6-12)10(3)13-7-11-5-9(2)14-15(11)4/h5,8,10,13H,6-7H2,1-4H3. The average molecular weight is 230 g/mol. The van der Waals surface area contributed by atoms with Crippen LogP contribution < -0.4 is 5.32 Å². The van der Waals surface area contributed by atoms with Crippen molar-refractivity contribution in [1.82, 2.24) is 15.1 Å². The number of aromatic nitrogens is 2. The first-order chi connectivity index (χ1) is 7.04. The summed E-state index contributed by atoms with van der Waals surface area (Å²) in [6.07, 6.45) is 0. The van der Waals surface area contributed by atoms with Crippen molar-refractivity contribution >= 4 is 11.6 Å². The molecule has 0 bridgehead atoms. The van der Waals surface area contributed by atoms with Crippen LogP contribution in [0.3, 0.4) is 0 Å². The third-order valence-corrected chi connectivity index (χ3v) is 3.29. The quantitative estimate of drug-likeness (QED) is 0.784. The molecule has 1 aromatic rings. The van der Waals surface area contributed by atoms with E-state index >= 15 is 0 Å². The molecule has 0 aromatic carbocycles. The first-order valence-electron chi connectivity index (χ1n) is 5.33. The summed E-state index contributed by atoms with van der Waals surface area (Å²) in [6, 6.07) is 2.53. The second kappa shape index (κ2) is 5.52. The Hall–Kier alpha value is -0.540. The summed E-state index contributed by atoms with van der Waals surface area (Å²) < 4.78 is 1.92. The van der Waals surface area contributed by atoms with Crippen LogP contribution in [0.2, 0.25) is 0 Å². The van der Waals surface area contributed by atoms with E-state index in [9.17, 15) is 0 Å². The Morgan fingerprint density at radius 3 is 2.67 bits per heavy atom. The highest BCUT2D eigenvalue weighted by atomic mass is 35.5. The topological polar surface area (TPSA) is 29.9 Å². The molecule has 4 heteroatoms. The lowest BCUT2D eigenvalue weighted by Crippen LogP contribution is -2.33. The molecule has 0 saturated carbocycles. The predicted octanol–water partition coefficient (Wildman–Crippen LogP) is 2.08. The predicted molar refractivity (Wildman–Crippen MR) is 64.1 cm³/mol. The molecule has 86 valence electrons. The van der Waals surface area contributed by atoms with E-state index in [0.717, 1.165) is 12.2 Å². The molecule has 2 unspecified atom stereocenters. The van der Waals surface area contributed by atoms with Gasteiger partial charge in [-0.1, -0.05) is 6.92 Å². The molecule has 0 aliphatic heterocycles. The fraction of sp³-hybridized carbons (Fsp3) is 0.727. The van der Waals surface area contributed by atoms with Gasteiger partial charge in [0.15, 0.2) is 0 Å². The summed E-state index contributed by atoms with van der Waals surface area (Å²) in [5, 5.41) is 7.76. The highest BCUT2D eigenvalue weighted by Gasteiger charge is 2.11. The van der Waals surface area contributed by atoms with E-state index in [0.29, 0.717) is 17.8 Å². The Labute approximate surface area is 96.8 Å². The van der Waals surface area contributed by atoms with E-state index in [1.165, 1.54) is 5.69 Å². The Bertz CT molecular complexity index is 309. The van der Waals surface area contributed by atoms with Crippen LogP contribution in [0.1, 0.15) is 25.2 Å². The molecule has 0 radical (unpaired) electrons. The Kier molecular flexibility index (Phi) is 4.61. The molecule has 1 N–H and O–H groups in total. The summed E-state index contributed by atoms with van der Waals surface area (Å²) in [4.78, 5) is 0. The van der Waals surface area contributed by atoms with Crippen molar-refractivity contribution in [2.75, 3.05) is 5.88 Å². The molecule has 0 saturated heterocycles. The fourth-order valence-electron chi connectivity index (χ4n) is 1.43. The van der Waals surface area contributed by atoms with Crippen molar-refractivity contribution in [2.45, 2.75) is 33.4 Å². The molecule has 3 nitrogen and oxygen atoms in total. The molecule has 1 rings (SSSR count). The van der Waals surface area contributed by atoms with Crippen molar-refractivity contribution < 1.29 is 0 Å². The van der Waals surface area contributed by atoms with Crippen molar-refractivity contribution in [1.29, 1.82) is 0 Å². The number of hydrogen-bond acceptors (Lipinski definition) is 2. The smallest absolute Gasteiger partial charge is 0.0597 e. The van der Waals surface area contributed by atoms with Crippen LogP contribution in [0.5, 0.6) is 0 Å². The van der Waals surface area contributed by atoms with Crippen LogP contribution in [0.4, 0.5) is 0 Å². The van der Waals surface area contributed by atoms with Gasteiger partial charge in [-0.15, -0.1) is 11.6 Å². The Morgan fingerprint density at radius 1 is 1.53 bits per heavy atom. The van der Waals surface area contributed by atoms with Gasteiger partial charge in [-0.2, -0.15) is 5.10 Å². The SMILES string of the molecule is Cc1cc(CNC(C)C(C)CCl)n(C)n1. The Morgan fingerprint density at radius 2 is 2.20 bits per heavy atom. The van der Waals surface area contributed by atoms with Crippen LogP contribution in [0, 0.1) is 12.8 Å². The van der Waals surface area contributed by atoms with E-state index in [2.05, 4.69) is 30.3 Å². The van der Waals surface area contributed by atoms with Gasteiger partial charge in [0.25, 0.3) is 0 Å². The minimum absolute atomic E-state index is 0.428. The maximum atomic E-state index is 5.81. The number of nitrogens with zero attached hydrogens (tertiary/aromatic N) is 2. The van der Waals surface area contributed by atoms with Gasteiger partial charge in [0.1, 0.15) is 0 Å². The highest BCUT2D eigenvalue weighted by Crippen LogP contribution is 2.07. The first-order valence-corrected chi connectivity index (χ1v) is 5.87. The van der Waals surface area contributed by atoms with Gasteiger partial charge in [-0.05, 0) is 25.8 Å². The van der Waals surface area contributed by atoms with E-state index in [1.807, 2.05) is 18.7 Å². The van der Waals surface area contributed by atoms with Gasteiger partial charge in [0.2, 0.25) is 0 Å². The van der Waals surface area contributed by atoms with Gasteiger partial charge in [0.05, 0.1) is 11.4 Å². The van der Waals surface area contributed by atoms with Gasteiger partial charge in [0, 0.05) is 25.5 Å². The molecule has 0 aliphatic rings. The van der Waals surface area contributed by atoms with Gasteiger partial charge < -0.3 is 5.32 Å². The van der Waals surface area contributed by atoms with Gasteiger partial charge in [-0.25, -0.2) is 0 Å². The third-order valence-electron chi connectivity index (χ3n) is 2.80. The molecular formula is C11H20ClN3. The summed E-state index contributed by atoms with van der Waals surface area (Å²) in [5.41, 5.74) is 2.27. The van der Waals surface area contributed by atoms with Crippen LogP contribution in [-0.2, 0) is 13.6 Å². The lowest BCUT2D eigenvalue weighted by atomic mass is 10.1. The van der Waals surface area contributed by atoms with Gasteiger partial charge in [-0.3, -0.25) is 4.68 Å². The minimum atomic E-state index is 0.428. The second-order valence-corrected chi connectivity index (χ2v) is 4.51. The molecule has 0 aliphatic carbocycles. The molecule has 0 fully saturated rings. The van der Waals surface area contributed by atoms with Crippen LogP contribution in [-0.4, -0.2) is 21.7 Å². The first kappa shape index (κ1) is 12.5. The maximum Gasteiger partial charge on any atom is 0.0597 e. The minimum Gasteiger partial charge on any atom is -0.308 e. The summed E-state index contributed by atoms with van der Waals surface area (Å²) in [6.45, 7) is 7.17. The van der Waals surface area contributed by atoms with Crippen LogP contribution in [0.15, 0.2) is 6.07 Å². The van der Waals surface area contributed by atoms with Gasteiger partial charge >= 0.3 is 0 Å². The lowest BCUT2D eigenvalue weighted by molar-refractivity contribution is 0.423. The Balaban J connectivity index is 2.46. The molecule has 2 atom stereocenters. The third kappa shape index (κ3) is 3.50. The van der Waals surface area contributed by atoms with E-state index < -0.39 is 0 Å². The summed E-state index contributed by atoms with van der Waals surface area (Å²) in [7, 11) is 1.97. The molecule has 1 heterocycles. The second-order valence-electron chi connectivity index (χ2n) is 4.20. The summed E-state index contributed by atoms with van der Waals surface area (Å²) >= 11 is 5.81. The zero-order chi connectivity index (χ0) is 11.4. The maximum absolute atomic E-state index is 5.81. The normalized spacial score (nSPS) is 15.3. The highest BCUT2D eigenvalue weighted by molar-refractivity contribution is 6.18. The van der Waals surface area contributed by atoms with E-state index in [-0.39, 0.29) is 0 Å². The number of aryl methyl sites for hydroxylation is 2. The number of alkyl halides is 1. The number of rotatable bonds is 5. The molecule has 1 aromatic heterocycles. The number of hydrogen-bond donors (Lipinski definition) is 1. The fourth-order valence-corrected chi connectivity index (χ4v) is 1.70.